The van der Waals surface area contributed by atoms with Crippen molar-refractivity contribution in [2.75, 3.05) is 0 Å². The Kier molecular flexibility index (Phi) is 3.79. The topological polar surface area (TPSA) is 26.0 Å². The fourth-order valence-corrected chi connectivity index (χ4v) is 3.66. The van der Waals surface area contributed by atoms with Gasteiger partial charge in [0.25, 0.3) is 0 Å². The molecule has 84 valence electrons. The average molecular weight is 365 g/mol. The van der Waals surface area contributed by atoms with Crippen LogP contribution in [0.4, 0.5) is 4.39 Å². The van der Waals surface area contributed by atoms with Crippen molar-refractivity contribution in [2.45, 2.75) is 6.04 Å². The number of nitrogens with two attached hydrogens (primary N) is 1. The van der Waals surface area contributed by atoms with Crippen molar-refractivity contribution in [3.63, 3.8) is 0 Å². The van der Waals surface area contributed by atoms with Crippen LogP contribution in [0, 0.1) is 5.82 Å². The second kappa shape index (κ2) is 4.96. The maximum atomic E-state index is 13.0. The minimum atomic E-state index is -0.270. The van der Waals surface area contributed by atoms with Crippen LogP contribution in [-0.4, -0.2) is 0 Å². The van der Waals surface area contributed by atoms with Crippen LogP contribution in [0.15, 0.2) is 38.6 Å². The molecule has 0 amide bonds. The summed E-state index contributed by atoms with van der Waals surface area (Å²) in [6.07, 6.45) is 0. The molecular weight excluding hydrogens is 357 g/mol. The number of halogens is 3. The highest BCUT2D eigenvalue weighted by atomic mass is 79.9. The van der Waals surface area contributed by atoms with E-state index in [2.05, 4.69) is 31.9 Å². The summed E-state index contributed by atoms with van der Waals surface area (Å²) in [4.78, 5) is 1.03. The highest BCUT2D eigenvalue weighted by Gasteiger charge is 2.16. The van der Waals surface area contributed by atoms with Crippen LogP contribution < -0.4 is 5.73 Å². The summed E-state index contributed by atoms with van der Waals surface area (Å²) >= 11 is 8.35. The summed E-state index contributed by atoms with van der Waals surface area (Å²) in [5.41, 5.74) is 7.02. The van der Waals surface area contributed by atoms with Gasteiger partial charge < -0.3 is 5.73 Å². The van der Waals surface area contributed by atoms with E-state index in [1.165, 1.54) is 12.1 Å². The Morgan fingerprint density at radius 2 is 1.94 bits per heavy atom. The Labute approximate surface area is 114 Å². The molecule has 0 aliphatic rings. The number of hydrogen-bond donors (Lipinski definition) is 1. The number of rotatable bonds is 2. The van der Waals surface area contributed by atoms with Gasteiger partial charge in [-0.25, -0.2) is 4.39 Å². The summed E-state index contributed by atoms with van der Waals surface area (Å²) in [6, 6.07) is 6.26. The molecule has 1 heterocycles. The summed E-state index contributed by atoms with van der Waals surface area (Å²) < 4.78 is 14.6. The maximum absolute atomic E-state index is 13.0. The van der Waals surface area contributed by atoms with Crippen molar-refractivity contribution >= 4 is 43.2 Å². The third kappa shape index (κ3) is 2.37. The average Bonchev–Trinajstić information content (AvgIpc) is 2.63. The van der Waals surface area contributed by atoms with Crippen molar-refractivity contribution in [2.24, 2.45) is 5.73 Å². The third-order valence-corrected chi connectivity index (χ3v) is 4.87. The molecule has 0 bridgehead atoms. The molecule has 2 aromatic rings. The minimum Gasteiger partial charge on any atom is -0.320 e. The van der Waals surface area contributed by atoms with Crippen LogP contribution >= 0.6 is 43.2 Å². The minimum absolute atomic E-state index is 0.246. The van der Waals surface area contributed by atoms with Crippen LogP contribution in [0.1, 0.15) is 16.5 Å². The fourth-order valence-electron chi connectivity index (χ4n) is 1.42. The van der Waals surface area contributed by atoms with E-state index in [-0.39, 0.29) is 11.9 Å². The second-order valence-electron chi connectivity index (χ2n) is 3.28. The van der Waals surface area contributed by atoms with Gasteiger partial charge in [-0.15, -0.1) is 11.3 Å². The molecule has 0 aliphatic carbocycles. The highest BCUT2D eigenvalue weighted by molar-refractivity contribution is 9.10. The van der Waals surface area contributed by atoms with Crippen LogP contribution in [0.25, 0.3) is 0 Å². The first-order valence-electron chi connectivity index (χ1n) is 4.53. The zero-order valence-electron chi connectivity index (χ0n) is 8.08. The van der Waals surface area contributed by atoms with Crippen molar-refractivity contribution in [3.05, 3.63) is 54.8 Å². The maximum Gasteiger partial charge on any atom is 0.124 e. The molecule has 1 nitrogen and oxygen atoms in total. The molecule has 16 heavy (non-hydrogen) atoms. The van der Waals surface area contributed by atoms with Crippen molar-refractivity contribution in [1.29, 1.82) is 0 Å². The van der Waals surface area contributed by atoms with Crippen molar-refractivity contribution in [3.8, 4) is 0 Å². The Bertz CT molecular complexity index is 512. The predicted molar refractivity (Wildman–Crippen MR) is 72.1 cm³/mol. The van der Waals surface area contributed by atoms with E-state index in [0.717, 1.165) is 14.9 Å². The fraction of sp³-hybridized carbons (Fsp3) is 0.0909. The van der Waals surface area contributed by atoms with Crippen LogP contribution in [0.3, 0.4) is 0 Å². The first kappa shape index (κ1) is 12.2. The lowest BCUT2D eigenvalue weighted by Crippen LogP contribution is -2.11. The van der Waals surface area contributed by atoms with Gasteiger partial charge in [0.1, 0.15) is 5.82 Å². The molecule has 0 radical (unpaired) electrons. The molecule has 1 aromatic carbocycles. The molecule has 2 rings (SSSR count). The molecule has 1 aromatic heterocycles. The zero-order chi connectivity index (χ0) is 11.7. The van der Waals surface area contributed by atoms with Gasteiger partial charge in [0.15, 0.2) is 0 Å². The molecule has 1 atom stereocenters. The Morgan fingerprint density at radius 3 is 2.50 bits per heavy atom. The van der Waals surface area contributed by atoms with Crippen LogP contribution in [0.2, 0.25) is 0 Å². The van der Waals surface area contributed by atoms with Gasteiger partial charge in [0, 0.05) is 13.8 Å². The smallest absolute Gasteiger partial charge is 0.124 e. The van der Waals surface area contributed by atoms with Gasteiger partial charge >= 0.3 is 0 Å². The molecular formula is C11H8Br2FNS. The first-order valence-corrected chi connectivity index (χ1v) is 6.99. The molecule has 0 spiro atoms. The molecule has 2 N–H and O–H groups in total. The first-order chi connectivity index (χ1) is 7.59. The van der Waals surface area contributed by atoms with E-state index in [1.54, 1.807) is 17.4 Å². The zero-order valence-corrected chi connectivity index (χ0v) is 12.1. The van der Waals surface area contributed by atoms with E-state index in [0.29, 0.717) is 4.47 Å². The van der Waals surface area contributed by atoms with Crippen molar-refractivity contribution < 1.29 is 4.39 Å². The number of thiophene rings is 1. The molecule has 0 saturated heterocycles. The molecule has 5 heteroatoms. The quantitative estimate of drug-likeness (QED) is 0.836. The molecule has 0 fully saturated rings. The summed E-state index contributed by atoms with van der Waals surface area (Å²) in [7, 11) is 0. The van der Waals surface area contributed by atoms with Gasteiger partial charge in [0.2, 0.25) is 0 Å². The summed E-state index contributed by atoms with van der Waals surface area (Å²) in [5.74, 6) is -0.270. The van der Waals surface area contributed by atoms with Crippen LogP contribution in [-0.2, 0) is 0 Å². The van der Waals surface area contributed by atoms with Gasteiger partial charge in [-0.2, -0.15) is 0 Å². The van der Waals surface area contributed by atoms with E-state index >= 15 is 0 Å². The standard InChI is InChI=1S/C11H8Br2FNS/c12-8-3-4-16-11(8)10(15)7-2-1-6(14)5-9(7)13/h1-5,10H,15H2. The summed E-state index contributed by atoms with van der Waals surface area (Å²) in [5, 5.41) is 1.97. The second-order valence-corrected chi connectivity index (χ2v) is 5.93. The van der Waals surface area contributed by atoms with E-state index in [9.17, 15) is 4.39 Å². The van der Waals surface area contributed by atoms with Crippen LogP contribution in [0.5, 0.6) is 0 Å². The lowest BCUT2D eigenvalue weighted by Gasteiger charge is -2.13. The highest BCUT2D eigenvalue weighted by Crippen LogP contribution is 2.34. The lowest BCUT2D eigenvalue weighted by atomic mass is 10.1. The molecule has 1 unspecified atom stereocenters. The van der Waals surface area contributed by atoms with Gasteiger partial charge in [0.05, 0.1) is 6.04 Å². The molecule has 0 saturated carbocycles. The third-order valence-electron chi connectivity index (χ3n) is 2.22. The largest absolute Gasteiger partial charge is 0.320 e. The Hall–Kier alpha value is -0.230. The van der Waals surface area contributed by atoms with E-state index < -0.39 is 0 Å². The number of benzene rings is 1. The monoisotopic (exact) mass is 363 g/mol. The van der Waals surface area contributed by atoms with E-state index in [1.807, 2.05) is 11.4 Å². The van der Waals surface area contributed by atoms with E-state index in [4.69, 9.17) is 5.73 Å². The van der Waals surface area contributed by atoms with Crippen molar-refractivity contribution in [1.82, 2.24) is 0 Å². The Morgan fingerprint density at radius 1 is 1.19 bits per heavy atom. The molecule has 0 aliphatic heterocycles. The van der Waals surface area contributed by atoms with Gasteiger partial charge in [-0.1, -0.05) is 22.0 Å². The van der Waals surface area contributed by atoms with Gasteiger partial charge in [-0.05, 0) is 45.1 Å². The number of hydrogen-bond acceptors (Lipinski definition) is 2. The van der Waals surface area contributed by atoms with Gasteiger partial charge in [-0.3, -0.25) is 0 Å². The SMILES string of the molecule is NC(c1ccc(F)cc1Br)c1sccc1Br. The normalized spacial score (nSPS) is 12.8. The summed E-state index contributed by atoms with van der Waals surface area (Å²) in [6.45, 7) is 0. The lowest BCUT2D eigenvalue weighted by molar-refractivity contribution is 0.625. The predicted octanol–water partition coefficient (Wildman–Crippen LogP) is 4.46. The Balaban J connectivity index is 2.41.